The molecule has 2 aromatic carbocycles. The minimum absolute atomic E-state index is 0.00406. The maximum absolute atomic E-state index is 12.3. The number of hydrogen-bond acceptors (Lipinski definition) is 6. The molecule has 28 heavy (non-hydrogen) atoms. The average molecular weight is 378 g/mol. The highest BCUT2D eigenvalue weighted by Crippen LogP contribution is 2.19. The number of anilines is 2. The molecule has 1 fully saturated rings. The lowest BCUT2D eigenvalue weighted by atomic mass is 10.1. The summed E-state index contributed by atoms with van der Waals surface area (Å²) >= 11 is 0. The number of nitrogens with one attached hydrogen (secondary N) is 1. The highest BCUT2D eigenvalue weighted by Gasteiger charge is 2.13. The van der Waals surface area contributed by atoms with Crippen molar-refractivity contribution in [3.8, 4) is 11.4 Å². The van der Waals surface area contributed by atoms with Gasteiger partial charge in [0.05, 0.1) is 13.2 Å². The van der Waals surface area contributed by atoms with E-state index in [-0.39, 0.29) is 12.5 Å². The van der Waals surface area contributed by atoms with Gasteiger partial charge in [-0.1, -0.05) is 24.3 Å². The lowest BCUT2D eigenvalue weighted by molar-refractivity contribution is -0.117. The number of benzene rings is 2. The van der Waals surface area contributed by atoms with Crippen LogP contribution in [0.15, 0.2) is 48.5 Å². The number of rotatable bonds is 5. The summed E-state index contributed by atoms with van der Waals surface area (Å²) in [6, 6.07) is 15.6. The number of amides is 1. The first-order valence-corrected chi connectivity index (χ1v) is 9.25. The van der Waals surface area contributed by atoms with Crippen molar-refractivity contribution >= 4 is 17.3 Å². The Kier molecular flexibility index (Phi) is 5.29. The first-order valence-electron chi connectivity index (χ1n) is 9.25. The van der Waals surface area contributed by atoms with Crippen molar-refractivity contribution in [1.82, 2.24) is 20.2 Å². The second kappa shape index (κ2) is 8.18. The number of ether oxygens (including phenoxy) is 1. The van der Waals surface area contributed by atoms with Crippen LogP contribution in [0.4, 0.5) is 11.4 Å². The van der Waals surface area contributed by atoms with E-state index in [1.807, 2.05) is 55.5 Å². The number of carbonyl (C=O) groups is 1. The molecule has 1 N–H and O–H groups in total. The normalized spacial score (nSPS) is 14.1. The van der Waals surface area contributed by atoms with E-state index in [1.54, 1.807) is 0 Å². The van der Waals surface area contributed by atoms with Crippen LogP contribution in [0.5, 0.6) is 0 Å². The van der Waals surface area contributed by atoms with E-state index in [4.69, 9.17) is 4.74 Å². The summed E-state index contributed by atoms with van der Waals surface area (Å²) in [5, 5.41) is 15.2. The Balaban J connectivity index is 1.36. The summed E-state index contributed by atoms with van der Waals surface area (Å²) in [5.41, 5.74) is 3.84. The van der Waals surface area contributed by atoms with Crippen LogP contribution in [0.2, 0.25) is 0 Å². The molecule has 8 nitrogen and oxygen atoms in total. The van der Waals surface area contributed by atoms with Crippen molar-refractivity contribution in [3.63, 3.8) is 0 Å². The number of aryl methyl sites for hydroxylation is 1. The molecule has 1 aliphatic rings. The SMILES string of the molecule is Cc1ccccc1-c1nnn(CC(=O)Nc2ccc(N3CCOCC3)cc2)n1. The number of hydrogen-bond donors (Lipinski definition) is 1. The van der Waals surface area contributed by atoms with Crippen LogP contribution in [-0.4, -0.2) is 52.4 Å². The maximum Gasteiger partial charge on any atom is 0.248 e. The molecule has 1 aromatic heterocycles. The van der Waals surface area contributed by atoms with E-state index in [9.17, 15) is 4.79 Å². The van der Waals surface area contributed by atoms with Crippen LogP contribution in [0.1, 0.15) is 5.56 Å². The third-order valence-electron chi connectivity index (χ3n) is 4.65. The third kappa shape index (κ3) is 4.17. The molecule has 0 radical (unpaired) electrons. The van der Waals surface area contributed by atoms with E-state index in [2.05, 4.69) is 25.6 Å². The van der Waals surface area contributed by atoms with E-state index in [1.165, 1.54) is 4.80 Å². The van der Waals surface area contributed by atoms with Crippen molar-refractivity contribution in [3.05, 3.63) is 54.1 Å². The molecule has 1 saturated heterocycles. The van der Waals surface area contributed by atoms with Gasteiger partial charge in [0.1, 0.15) is 6.54 Å². The van der Waals surface area contributed by atoms with Crippen LogP contribution < -0.4 is 10.2 Å². The summed E-state index contributed by atoms with van der Waals surface area (Å²) in [5.74, 6) is 0.314. The minimum Gasteiger partial charge on any atom is -0.378 e. The second-order valence-corrected chi connectivity index (χ2v) is 6.65. The smallest absolute Gasteiger partial charge is 0.248 e. The molecule has 0 saturated carbocycles. The fourth-order valence-corrected chi connectivity index (χ4v) is 3.15. The number of nitrogens with zero attached hydrogens (tertiary/aromatic N) is 5. The van der Waals surface area contributed by atoms with Gasteiger partial charge in [0, 0.05) is 30.0 Å². The first kappa shape index (κ1) is 18.1. The van der Waals surface area contributed by atoms with E-state index >= 15 is 0 Å². The van der Waals surface area contributed by atoms with Gasteiger partial charge in [-0.15, -0.1) is 10.2 Å². The summed E-state index contributed by atoms with van der Waals surface area (Å²) in [7, 11) is 0. The summed E-state index contributed by atoms with van der Waals surface area (Å²) in [4.78, 5) is 15.9. The molecule has 144 valence electrons. The minimum atomic E-state index is -0.201. The highest BCUT2D eigenvalue weighted by molar-refractivity contribution is 5.90. The van der Waals surface area contributed by atoms with Gasteiger partial charge in [0.15, 0.2) is 0 Å². The zero-order valence-corrected chi connectivity index (χ0v) is 15.7. The summed E-state index contributed by atoms with van der Waals surface area (Å²) < 4.78 is 5.37. The fraction of sp³-hybridized carbons (Fsp3) is 0.300. The molecule has 0 unspecified atom stereocenters. The van der Waals surface area contributed by atoms with Crippen molar-refractivity contribution in [2.75, 3.05) is 36.5 Å². The number of morpholine rings is 1. The molecule has 0 bridgehead atoms. The van der Waals surface area contributed by atoms with Gasteiger partial charge in [-0.3, -0.25) is 4.79 Å². The van der Waals surface area contributed by atoms with Crippen molar-refractivity contribution in [1.29, 1.82) is 0 Å². The molecule has 1 aliphatic heterocycles. The lowest BCUT2D eigenvalue weighted by Crippen LogP contribution is -2.36. The van der Waals surface area contributed by atoms with Gasteiger partial charge in [0.2, 0.25) is 11.7 Å². The molecule has 0 spiro atoms. The fourth-order valence-electron chi connectivity index (χ4n) is 3.15. The topological polar surface area (TPSA) is 85.2 Å². The maximum atomic E-state index is 12.3. The van der Waals surface area contributed by atoms with Gasteiger partial charge < -0.3 is 15.0 Å². The Hall–Kier alpha value is -3.26. The standard InChI is InChI=1S/C20H22N6O2/c1-15-4-2-3-5-18(15)20-22-24-26(23-20)14-19(27)21-16-6-8-17(9-7-16)25-10-12-28-13-11-25/h2-9H,10-14H2,1H3,(H,21,27). The predicted molar refractivity (Wildman–Crippen MR) is 106 cm³/mol. The van der Waals surface area contributed by atoms with Gasteiger partial charge in [0.25, 0.3) is 0 Å². The van der Waals surface area contributed by atoms with Crippen molar-refractivity contribution in [2.24, 2.45) is 0 Å². The molecular weight excluding hydrogens is 356 g/mol. The average Bonchev–Trinajstić information content (AvgIpc) is 3.17. The molecule has 8 heteroatoms. The highest BCUT2D eigenvalue weighted by atomic mass is 16.5. The monoisotopic (exact) mass is 378 g/mol. The second-order valence-electron chi connectivity index (χ2n) is 6.65. The van der Waals surface area contributed by atoms with Gasteiger partial charge >= 0.3 is 0 Å². The zero-order chi connectivity index (χ0) is 19.3. The van der Waals surface area contributed by atoms with Crippen molar-refractivity contribution < 1.29 is 9.53 Å². The van der Waals surface area contributed by atoms with Crippen LogP contribution in [0.3, 0.4) is 0 Å². The summed E-state index contributed by atoms with van der Waals surface area (Å²) in [6.07, 6.45) is 0. The van der Waals surface area contributed by atoms with Gasteiger partial charge in [-0.2, -0.15) is 4.80 Å². The molecule has 0 atom stereocenters. The molecular formula is C20H22N6O2. The van der Waals surface area contributed by atoms with Crippen LogP contribution in [0, 0.1) is 6.92 Å². The van der Waals surface area contributed by atoms with Crippen LogP contribution in [-0.2, 0) is 16.1 Å². The number of tetrazole rings is 1. The lowest BCUT2D eigenvalue weighted by Gasteiger charge is -2.28. The van der Waals surface area contributed by atoms with Crippen molar-refractivity contribution in [2.45, 2.75) is 13.5 Å². The number of carbonyl (C=O) groups excluding carboxylic acids is 1. The predicted octanol–water partition coefficient (Wildman–Crippen LogP) is 2.12. The largest absolute Gasteiger partial charge is 0.378 e. The third-order valence-corrected chi connectivity index (χ3v) is 4.65. The Morgan fingerprint density at radius 2 is 1.86 bits per heavy atom. The Bertz CT molecular complexity index is 947. The Morgan fingerprint density at radius 3 is 2.61 bits per heavy atom. The van der Waals surface area contributed by atoms with Crippen LogP contribution >= 0.6 is 0 Å². The van der Waals surface area contributed by atoms with Gasteiger partial charge in [-0.05, 0) is 42.0 Å². The molecule has 1 amide bonds. The molecule has 0 aliphatic carbocycles. The number of aromatic nitrogens is 4. The quantitative estimate of drug-likeness (QED) is 0.732. The summed E-state index contributed by atoms with van der Waals surface area (Å²) in [6.45, 7) is 5.25. The molecule has 3 aromatic rings. The van der Waals surface area contributed by atoms with E-state index in [0.717, 1.165) is 48.8 Å². The Morgan fingerprint density at radius 1 is 1.11 bits per heavy atom. The Labute approximate surface area is 163 Å². The van der Waals surface area contributed by atoms with Crippen LogP contribution in [0.25, 0.3) is 11.4 Å². The first-order chi connectivity index (χ1) is 13.7. The molecule has 4 rings (SSSR count). The van der Waals surface area contributed by atoms with Gasteiger partial charge in [-0.25, -0.2) is 0 Å². The van der Waals surface area contributed by atoms with E-state index in [0.29, 0.717) is 5.82 Å². The molecule has 2 heterocycles. The van der Waals surface area contributed by atoms with E-state index < -0.39 is 0 Å². The zero-order valence-electron chi connectivity index (χ0n) is 15.7.